The molecule has 4 aromatic heterocycles. The van der Waals surface area contributed by atoms with Gasteiger partial charge in [-0.3, -0.25) is 14.1 Å². The summed E-state index contributed by atoms with van der Waals surface area (Å²) in [4.78, 5) is 16.3. The number of benzene rings is 14. The van der Waals surface area contributed by atoms with Gasteiger partial charge in [0.2, 0.25) is 5.96 Å². The molecule has 9 heteroatoms. The Kier molecular flexibility index (Phi) is 12.7. The molecular formula is C87H59N9. The number of nitrogens with zero attached hydrogens (tertiary/aromatic N) is 7. The molecule has 19 rings (SSSR count). The van der Waals surface area contributed by atoms with E-state index in [0.717, 1.165) is 127 Å². The highest BCUT2D eigenvalue weighted by Crippen LogP contribution is 2.44. The summed E-state index contributed by atoms with van der Waals surface area (Å²) < 4.78 is 9.41. The van der Waals surface area contributed by atoms with E-state index in [1.54, 1.807) is 0 Å². The van der Waals surface area contributed by atoms with E-state index in [2.05, 4.69) is 332 Å². The number of hydrogen-bond acceptors (Lipinski definition) is 5. The minimum Gasteiger partial charge on any atom is -0.346 e. The minimum absolute atomic E-state index is 0.446. The number of fused-ring (bicyclic) bond motifs is 16. The minimum atomic E-state index is -0.447. The molecule has 14 aromatic carbocycles. The van der Waals surface area contributed by atoms with E-state index in [9.17, 15) is 0 Å². The van der Waals surface area contributed by atoms with Crippen molar-refractivity contribution in [2.75, 3.05) is 0 Å². The quantitative estimate of drug-likeness (QED) is 0.127. The highest BCUT2D eigenvalue weighted by atomic mass is 15.3. The van der Waals surface area contributed by atoms with Gasteiger partial charge in [-0.05, 0) is 110 Å². The van der Waals surface area contributed by atoms with Crippen molar-refractivity contribution >= 4 is 133 Å². The van der Waals surface area contributed by atoms with Gasteiger partial charge in [0.15, 0.2) is 0 Å². The summed E-state index contributed by atoms with van der Waals surface area (Å²) in [5.74, 6) is 2.09. The van der Waals surface area contributed by atoms with Crippen LogP contribution in [0.2, 0.25) is 0 Å². The van der Waals surface area contributed by atoms with Gasteiger partial charge in [-0.1, -0.05) is 261 Å². The third-order valence-corrected chi connectivity index (χ3v) is 19.4. The Morgan fingerprint density at radius 2 is 0.896 bits per heavy atom. The van der Waals surface area contributed by atoms with Gasteiger partial charge in [0.25, 0.3) is 0 Å². The molecule has 0 radical (unpaired) electrons. The number of para-hydroxylation sites is 4. The van der Waals surface area contributed by atoms with Crippen LogP contribution in [-0.4, -0.2) is 36.3 Å². The monoisotopic (exact) mass is 1230 g/mol. The maximum absolute atomic E-state index is 5.57. The third kappa shape index (κ3) is 8.89. The first-order chi connectivity index (χ1) is 47.5. The highest BCUT2D eigenvalue weighted by Gasteiger charge is 2.28. The van der Waals surface area contributed by atoms with Crippen LogP contribution in [0, 0.1) is 0 Å². The van der Waals surface area contributed by atoms with Crippen molar-refractivity contribution < 1.29 is 0 Å². The standard InChI is InChI=1S/C87H59N9/c1-55(93-76-34-18-14-30-72(76)80-78(93)50-48-70-68-28-12-16-32-74(68)95(82(70)80)67-47-45-58-21-9-11-27-65(58)53-67)89-84(61-22-4-2-5-23-61)88-54-56-36-38-59(39-37-56)60-40-42-63(43-41-60)86-90-85(62-24-6-3-7-25-62)91-87(92-86)96-75-33-17-13-29-69(75)71-49-51-79-81(83(71)96)73-31-15-19-35-77(73)94(79)66-46-44-57-20-8-10-26-64(57)52-66/h2-54,84,86,89H,1H2,(H,90,91,92). The summed E-state index contributed by atoms with van der Waals surface area (Å²) >= 11 is 0. The zero-order valence-electron chi connectivity index (χ0n) is 52.1. The number of aliphatic imine (C=N–C) groups is 3. The Balaban J connectivity index is 0.649. The predicted molar refractivity (Wildman–Crippen MR) is 401 cm³/mol. The predicted octanol–water partition coefficient (Wildman–Crippen LogP) is 20.9. The lowest BCUT2D eigenvalue weighted by molar-refractivity contribution is 0.657. The second kappa shape index (κ2) is 22.2. The molecule has 452 valence electrons. The number of aromatic nitrogens is 4. The van der Waals surface area contributed by atoms with Gasteiger partial charge < -0.3 is 19.8 Å². The van der Waals surface area contributed by atoms with Crippen LogP contribution in [0.15, 0.2) is 337 Å². The Labute approximate surface area is 552 Å². The van der Waals surface area contributed by atoms with Crippen molar-refractivity contribution in [2.45, 2.75) is 12.3 Å². The second-order valence-corrected chi connectivity index (χ2v) is 24.9. The van der Waals surface area contributed by atoms with Crippen LogP contribution in [0.1, 0.15) is 34.6 Å². The Hall–Kier alpha value is -12.9. The first-order valence-corrected chi connectivity index (χ1v) is 32.7. The van der Waals surface area contributed by atoms with Crippen LogP contribution in [-0.2, 0) is 0 Å². The third-order valence-electron chi connectivity index (χ3n) is 19.4. The zero-order valence-corrected chi connectivity index (χ0v) is 52.1. The zero-order chi connectivity index (χ0) is 63.4. The van der Waals surface area contributed by atoms with Crippen molar-refractivity contribution in [1.29, 1.82) is 0 Å². The molecule has 0 spiro atoms. The Bertz CT molecular complexity index is 6280. The molecule has 0 fully saturated rings. The second-order valence-electron chi connectivity index (χ2n) is 24.9. The average molecular weight is 1230 g/mol. The van der Waals surface area contributed by atoms with E-state index in [1.807, 2.05) is 18.3 Å². The summed E-state index contributed by atoms with van der Waals surface area (Å²) in [5, 5.41) is 21.7. The molecule has 2 atom stereocenters. The lowest BCUT2D eigenvalue weighted by atomic mass is 10.0. The van der Waals surface area contributed by atoms with Crippen LogP contribution in [0.4, 0.5) is 0 Å². The summed E-state index contributed by atoms with van der Waals surface area (Å²) in [5.41, 5.74) is 17.2. The lowest BCUT2D eigenvalue weighted by Gasteiger charge is -2.24. The normalized spacial score (nSPS) is 13.9. The first-order valence-electron chi connectivity index (χ1n) is 32.7. The van der Waals surface area contributed by atoms with Gasteiger partial charge in [-0.2, -0.15) is 4.99 Å². The molecule has 9 nitrogen and oxygen atoms in total. The van der Waals surface area contributed by atoms with Crippen molar-refractivity contribution in [3.05, 3.63) is 344 Å². The van der Waals surface area contributed by atoms with Crippen molar-refractivity contribution in [2.24, 2.45) is 15.0 Å². The van der Waals surface area contributed by atoms with E-state index in [-0.39, 0.29) is 0 Å². The van der Waals surface area contributed by atoms with Crippen molar-refractivity contribution in [3.63, 3.8) is 0 Å². The van der Waals surface area contributed by atoms with Crippen molar-refractivity contribution in [1.82, 2.24) is 28.9 Å². The average Bonchev–Trinajstić information content (AvgIpc) is 1.55. The molecule has 2 N–H and O–H groups in total. The van der Waals surface area contributed by atoms with E-state index in [4.69, 9.17) is 21.6 Å². The number of rotatable bonds is 11. The summed E-state index contributed by atoms with van der Waals surface area (Å²) in [6, 6.07) is 113. The molecule has 2 unspecified atom stereocenters. The molecule has 0 saturated heterocycles. The van der Waals surface area contributed by atoms with Crippen LogP contribution in [0.25, 0.3) is 137 Å². The maximum atomic E-state index is 5.57. The van der Waals surface area contributed by atoms with E-state index in [0.29, 0.717) is 5.96 Å². The molecule has 0 bridgehead atoms. The molecule has 5 heterocycles. The van der Waals surface area contributed by atoms with E-state index < -0.39 is 12.3 Å². The van der Waals surface area contributed by atoms with Crippen LogP contribution in [0.3, 0.4) is 0 Å². The van der Waals surface area contributed by atoms with Gasteiger partial charge >= 0.3 is 0 Å². The van der Waals surface area contributed by atoms with Gasteiger partial charge in [0.05, 0.1) is 44.1 Å². The Morgan fingerprint density at radius 1 is 0.406 bits per heavy atom. The van der Waals surface area contributed by atoms with Gasteiger partial charge in [-0.15, -0.1) is 0 Å². The van der Waals surface area contributed by atoms with Gasteiger partial charge in [-0.25, -0.2) is 4.99 Å². The summed E-state index contributed by atoms with van der Waals surface area (Å²) in [6.07, 6.45) is 1.07. The summed E-state index contributed by atoms with van der Waals surface area (Å²) in [6.45, 7) is 4.78. The van der Waals surface area contributed by atoms with Crippen LogP contribution >= 0.6 is 0 Å². The largest absolute Gasteiger partial charge is 0.346 e. The van der Waals surface area contributed by atoms with Gasteiger partial charge in [0, 0.05) is 66.2 Å². The SMILES string of the molecule is C=C(NC(N=Cc1ccc(-c2ccc(C3N=C(n4c5ccccc5c5ccc6c(c7ccccc7n6-c6ccc7ccccc7c6)c54)N=C(c4ccccc4)N3)cc2)cc1)c1ccccc1)n1c2ccccc2c2c1ccc1c3ccccc3n(-c3ccc4ccccc4c3)c12. The molecule has 0 aliphatic carbocycles. The smallest absolute Gasteiger partial charge is 0.234 e. The number of amidine groups is 1. The molecule has 1 aliphatic heterocycles. The number of hydrogen-bond donors (Lipinski definition) is 2. The topological polar surface area (TPSA) is 80.9 Å². The first kappa shape index (κ1) is 54.8. The van der Waals surface area contributed by atoms with E-state index >= 15 is 0 Å². The number of nitrogens with one attached hydrogen (secondary N) is 2. The molecule has 0 amide bonds. The Morgan fingerprint density at radius 3 is 1.54 bits per heavy atom. The molecule has 18 aromatic rings. The molecule has 1 aliphatic rings. The fourth-order valence-corrected chi connectivity index (χ4v) is 15.0. The van der Waals surface area contributed by atoms with Crippen LogP contribution < -0.4 is 10.6 Å². The van der Waals surface area contributed by atoms with Gasteiger partial charge in [0.1, 0.15) is 24.0 Å². The molecular weight excluding hydrogens is 1170 g/mol. The van der Waals surface area contributed by atoms with Crippen LogP contribution in [0.5, 0.6) is 0 Å². The highest BCUT2D eigenvalue weighted by molar-refractivity contribution is 6.29. The fourth-order valence-electron chi connectivity index (χ4n) is 15.0. The fraction of sp³-hybridized carbons (Fsp3) is 0.0230. The van der Waals surface area contributed by atoms with Crippen molar-refractivity contribution in [3.8, 4) is 22.5 Å². The van der Waals surface area contributed by atoms with E-state index in [1.165, 1.54) is 37.7 Å². The molecule has 96 heavy (non-hydrogen) atoms. The summed E-state index contributed by atoms with van der Waals surface area (Å²) in [7, 11) is 0. The lowest BCUT2D eigenvalue weighted by Crippen LogP contribution is -2.35. The molecule has 0 saturated carbocycles. The maximum Gasteiger partial charge on any atom is 0.234 e.